The van der Waals surface area contributed by atoms with Gasteiger partial charge in [0.1, 0.15) is 0 Å². The first-order chi connectivity index (χ1) is 7.41. The van der Waals surface area contributed by atoms with E-state index >= 15 is 0 Å². The van der Waals surface area contributed by atoms with Crippen molar-refractivity contribution in [1.82, 2.24) is 0 Å². The number of aliphatic imine (C=N–C) groups is 1. The minimum Gasteiger partial charge on any atom is -0.381 e. The third kappa shape index (κ3) is 13.8. The third-order valence-corrected chi connectivity index (χ3v) is 2.35. The minimum atomic E-state index is 0.850. The highest BCUT2D eigenvalue weighted by molar-refractivity contribution is 7.78. The normalized spacial score (nSPS) is 9.93. The number of nitrogens with zero attached hydrogens (tertiary/aromatic N) is 1. The van der Waals surface area contributed by atoms with Crippen molar-refractivity contribution < 1.29 is 4.74 Å². The van der Waals surface area contributed by atoms with Crippen LogP contribution in [0.15, 0.2) is 4.99 Å². The number of thiocarbonyl (C=S) groups is 1. The fourth-order valence-corrected chi connectivity index (χ4v) is 1.49. The Kier molecular flexibility index (Phi) is 13.5. The Balaban J connectivity index is 2.89. The molecule has 0 atom stereocenters. The fourth-order valence-electron chi connectivity index (χ4n) is 1.39. The lowest BCUT2D eigenvalue weighted by molar-refractivity contribution is 0.130. The number of rotatable bonds is 11. The van der Waals surface area contributed by atoms with E-state index in [1.54, 1.807) is 0 Å². The van der Waals surface area contributed by atoms with Crippen LogP contribution in [-0.4, -0.2) is 24.9 Å². The lowest BCUT2D eigenvalue weighted by atomic mass is 10.1. The molecule has 0 aromatic heterocycles. The molecule has 0 aliphatic carbocycles. The summed E-state index contributed by atoms with van der Waals surface area (Å²) < 4.78 is 5.41. The van der Waals surface area contributed by atoms with Gasteiger partial charge in [0.25, 0.3) is 0 Å². The molecular weight excluding hydrogens is 206 g/mol. The van der Waals surface area contributed by atoms with Crippen LogP contribution < -0.4 is 0 Å². The van der Waals surface area contributed by atoms with Crippen molar-refractivity contribution in [1.29, 1.82) is 0 Å². The summed E-state index contributed by atoms with van der Waals surface area (Å²) in [5.41, 5.74) is 0. The number of unbranched alkanes of at least 4 members (excludes halogenated alkanes) is 5. The van der Waals surface area contributed by atoms with Gasteiger partial charge in [0.2, 0.25) is 0 Å². The number of ether oxygens (including phenoxy) is 1. The Labute approximate surface area is 99.1 Å². The second-order valence-electron chi connectivity index (χ2n) is 3.71. The molecule has 88 valence electrons. The second-order valence-corrected chi connectivity index (χ2v) is 3.89. The molecule has 0 saturated carbocycles. The maximum atomic E-state index is 5.41. The van der Waals surface area contributed by atoms with Gasteiger partial charge in [0.05, 0.1) is 5.16 Å². The molecule has 0 aliphatic heterocycles. The standard InChI is InChI=1S/C12H23NOS/c1-2-10-14-11-8-6-4-3-5-7-9-13-12-15/h2-11H2,1H3. The van der Waals surface area contributed by atoms with E-state index in [1.165, 1.54) is 32.1 Å². The highest BCUT2D eigenvalue weighted by Crippen LogP contribution is 2.05. The molecule has 0 spiro atoms. The summed E-state index contributed by atoms with van der Waals surface area (Å²) >= 11 is 4.49. The van der Waals surface area contributed by atoms with E-state index in [0.29, 0.717) is 0 Å². The molecule has 0 aliphatic rings. The van der Waals surface area contributed by atoms with Crippen LogP contribution in [0, 0.1) is 0 Å². The summed E-state index contributed by atoms with van der Waals surface area (Å²) in [6, 6.07) is 0. The van der Waals surface area contributed by atoms with E-state index in [-0.39, 0.29) is 0 Å². The van der Waals surface area contributed by atoms with Crippen molar-refractivity contribution in [3.8, 4) is 0 Å². The van der Waals surface area contributed by atoms with Gasteiger partial charge in [-0.1, -0.05) is 32.6 Å². The SMILES string of the molecule is CCCOCCCCCCCCN=C=S. The molecule has 0 heterocycles. The number of isothiocyanates is 1. The molecular formula is C12H23NOS. The van der Waals surface area contributed by atoms with Gasteiger partial charge < -0.3 is 4.74 Å². The maximum absolute atomic E-state index is 5.41. The zero-order chi connectivity index (χ0) is 11.2. The van der Waals surface area contributed by atoms with Gasteiger partial charge in [-0.2, -0.15) is 0 Å². The summed E-state index contributed by atoms with van der Waals surface area (Å²) in [7, 11) is 0. The Bertz CT molecular complexity index is 167. The summed E-state index contributed by atoms with van der Waals surface area (Å²) in [6.07, 6.45) is 8.66. The molecule has 3 heteroatoms. The largest absolute Gasteiger partial charge is 0.381 e. The van der Waals surface area contributed by atoms with E-state index in [4.69, 9.17) is 4.74 Å². The average molecular weight is 229 g/mol. The van der Waals surface area contributed by atoms with Gasteiger partial charge in [-0.15, -0.1) is 0 Å². The quantitative estimate of drug-likeness (QED) is 0.305. The number of hydrogen-bond donors (Lipinski definition) is 0. The van der Waals surface area contributed by atoms with Gasteiger partial charge >= 0.3 is 0 Å². The van der Waals surface area contributed by atoms with Crippen LogP contribution in [0.5, 0.6) is 0 Å². The van der Waals surface area contributed by atoms with E-state index in [0.717, 1.165) is 32.6 Å². The third-order valence-electron chi connectivity index (χ3n) is 2.22. The molecule has 15 heavy (non-hydrogen) atoms. The van der Waals surface area contributed by atoms with Gasteiger partial charge in [0, 0.05) is 19.8 Å². The molecule has 0 saturated heterocycles. The highest BCUT2D eigenvalue weighted by atomic mass is 32.1. The zero-order valence-corrected chi connectivity index (χ0v) is 10.7. The first-order valence-electron chi connectivity index (χ1n) is 6.03. The Morgan fingerprint density at radius 3 is 2.33 bits per heavy atom. The zero-order valence-electron chi connectivity index (χ0n) is 9.83. The Morgan fingerprint density at radius 1 is 1.00 bits per heavy atom. The number of hydrogen-bond acceptors (Lipinski definition) is 3. The lowest BCUT2D eigenvalue weighted by Gasteiger charge is -2.02. The van der Waals surface area contributed by atoms with E-state index < -0.39 is 0 Å². The summed E-state index contributed by atoms with van der Waals surface area (Å²) in [5, 5.41) is 2.39. The monoisotopic (exact) mass is 229 g/mol. The fraction of sp³-hybridized carbons (Fsp3) is 0.917. The van der Waals surface area contributed by atoms with Gasteiger partial charge in [0.15, 0.2) is 0 Å². The van der Waals surface area contributed by atoms with Gasteiger partial charge in [-0.3, -0.25) is 0 Å². The Morgan fingerprint density at radius 2 is 1.67 bits per heavy atom. The van der Waals surface area contributed by atoms with Crippen LogP contribution in [0.3, 0.4) is 0 Å². The first-order valence-corrected chi connectivity index (χ1v) is 6.44. The van der Waals surface area contributed by atoms with Gasteiger partial charge in [-0.05, 0) is 31.5 Å². The van der Waals surface area contributed by atoms with E-state index in [2.05, 4.69) is 29.3 Å². The maximum Gasteiger partial charge on any atom is 0.0584 e. The smallest absolute Gasteiger partial charge is 0.0584 e. The molecule has 0 fully saturated rings. The van der Waals surface area contributed by atoms with Crippen LogP contribution in [-0.2, 0) is 4.74 Å². The highest BCUT2D eigenvalue weighted by Gasteiger charge is 1.91. The first kappa shape index (κ1) is 14.8. The predicted octanol–water partition coefficient (Wildman–Crippen LogP) is 3.86. The molecule has 0 amide bonds. The van der Waals surface area contributed by atoms with Crippen molar-refractivity contribution in [2.24, 2.45) is 4.99 Å². The van der Waals surface area contributed by atoms with Gasteiger partial charge in [-0.25, -0.2) is 4.99 Å². The molecule has 0 rings (SSSR count). The molecule has 0 aromatic rings. The van der Waals surface area contributed by atoms with Crippen LogP contribution in [0.25, 0.3) is 0 Å². The van der Waals surface area contributed by atoms with Crippen molar-refractivity contribution in [2.45, 2.75) is 51.9 Å². The van der Waals surface area contributed by atoms with Crippen molar-refractivity contribution >= 4 is 17.4 Å². The van der Waals surface area contributed by atoms with Crippen LogP contribution in [0.4, 0.5) is 0 Å². The molecule has 2 nitrogen and oxygen atoms in total. The summed E-state index contributed by atoms with van der Waals surface area (Å²) in [5.74, 6) is 0. The molecule has 0 aromatic carbocycles. The van der Waals surface area contributed by atoms with Crippen LogP contribution in [0.2, 0.25) is 0 Å². The second kappa shape index (κ2) is 13.8. The minimum absolute atomic E-state index is 0.850. The van der Waals surface area contributed by atoms with E-state index in [1.807, 2.05) is 0 Å². The lowest BCUT2D eigenvalue weighted by Crippen LogP contribution is -1.95. The van der Waals surface area contributed by atoms with Crippen molar-refractivity contribution in [3.63, 3.8) is 0 Å². The van der Waals surface area contributed by atoms with Crippen molar-refractivity contribution in [3.05, 3.63) is 0 Å². The van der Waals surface area contributed by atoms with Crippen LogP contribution >= 0.6 is 12.2 Å². The molecule has 0 unspecified atom stereocenters. The Hall–Kier alpha value is -0.240. The van der Waals surface area contributed by atoms with E-state index in [9.17, 15) is 0 Å². The summed E-state index contributed by atoms with van der Waals surface area (Å²) in [4.78, 5) is 3.88. The molecule has 0 N–H and O–H groups in total. The predicted molar refractivity (Wildman–Crippen MR) is 68.7 cm³/mol. The molecule has 0 radical (unpaired) electrons. The van der Waals surface area contributed by atoms with Crippen molar-refractivity contribution in [2.75, 3.05) is 19.8 Å². The average Bonchev–Trinajstić information content (AvgIpc) is 2.26. The molecule has 0 bridgehead atoms. The topological polar surface area (TPSA) is 21.6 Å². The summed E-state index contributed by atoms with van der Waals surface area (Å²) in [6.45, 7) is 4.84. The van der Waals surface area contributed by atoms with Crippen LogP contribution in [0.1, 0.15) is 51.9 Å².